The number of hydrogen-bond acceptors (Lipinski definition) is 3. The van der Waals surface area contributed by atoms with Crippen molar-refractivity contribution in [2.45, 2.75) is 26.0 Å². The van der Waals surface area contributed by atoms with Gasteiger partial charge in [0.05, 0.1) is 18.8 Å². The summed E-state index contributed by atoms with van der Waals surface area (Å²) >= 11 is 0. The molecule has 2 rings (SSSR count). The van der Waals surface area contributed by atoms with Gasteiger partial charge in [-0.05, 0) is 24.6 Å². The molecule has 0 aliphatic heterocycles. The fourth-order valence-electron chi connectivity index (χ4n) is 2.18. The van der Waals surface area contributed by atoms with E-state index in [2.05, 4.69) is 20.7 Å². The summed E-state index contributed by atoms with van der Waals surface area (Å²) in [5, 5.41) is 10.6. The molecule has 1 aromatic heterocycles. The van der Waals surface area contributed by atoms with Crippen LogP contribution in [0.3, 0.4) is 0 Å². The van der Waals surface area contributed by atoms with Gasteiger partial charge in [-0.15, -0.1) is 0 Å². The molecule has 0 aliphatic rings. The Kier molecular flexibility index (Phi) is 6.60. The number of benzene rings is 1. The monoisotopic (exact) mass is 333 g/mol. The van der Waals surface area contributed by atoms with E-state index in [-0.39, 0.29) is 11.9 Å². The Hall–Kier alpha value is -2.57. The van der Waals surface area contributed by atoms with Crippen LogP contribution in [0.2, 0.25) is 0 Å². The highest BCUT2D eigenvalue weighted by molar-refractivity contribution is 5.79. The number of hydrogen-bond donors (Lipinski definition) is 2. The molecule has 1 heterocycles. The lowest BCUT2D eigenvalue weighted by Crippen LogP contribution is -2.42. The number of aliphatic imine (C=N–C) groups is 1. The van der Waals surface area contributed by atoms with Gasteiger partial charge in [0.25, 0.3) is 0 Å². The van der Waals surface area contributed by atoms with E-state index in [0.717, 1.165) is 12.1 Å². The minimum Gasteiger partial charge on any atom is -0.489 e. The van der Waals surface area contributed by atoms with Gasteiger partial charge in [-0.25, -0.2) is 4.39 Å². The highest BCUT2D eigenvalue weighted by Gasteiger charge is 2.10. The third-order valence-electron chi connectivity index (χ3n) is 3.63. The van der Waals surface area contributed by atoms with Crippen LogP contribution in [-0.2, 0) is 13.6 Å². The number of halogens is 1. The molecule has 0 bridgehead atoms. The number of rotatable bonds is 7. The smallest absolute Gasteiger partial charge is 0.191 e. The molecular weight excluding hydrogens is 309 g/mol. The Labute approximate surface area is 141 Å². The molecule has 1 aromatic carbocycles. The second-order valence-corrected chi connectivity index (χ2v) is 5.36. The average Bonchev–Trinajstić information content (AvgIpc) is 2.99. The first-order chi connectivity index (χ1) is 11.6. The van der Waals surface area contributed by atoms with E-state index >= 15 is 0 Å². The Morgan fingerprint density at radius 2 is 2.21 bits per heavy atom. The van der Waals surface area contributed by atoms with Crippen LogP contribution >= 0.6 is 0 Å². The highest BCUT2D eigenvalue weighted by Crippen LogP contribution is 2.14. The highest BCUT2D eigenvalue weighted by atomic mass is 19.1. The first-order valence-electron chi connectivity index (χ1n) is 7.96. The van der Waals surface area contributed by atoms with Crippen molar-refractivity contribution in [3.63, 3.8) is 0 Å². The van der Waals surface area contributed by atoms with Crippen LogP contribution in [0.25, 0.3) is 0 Å². The fourth-order valence-corrected chi connectivity index (χ4v) is 2.18. The zero-order valence-corrected chi connectivity index (χ0v) is 14.3. The maximum absolute atomic E-state index is 13.2. The summed E-state index contributed by atoms with van der Waals surface area (Å²) in [6, 6.07) is 8.12. The van der Waals surface area contributed by atoms with Crippen molar-refractivity contribution in [2.75, 3.05) is 13.6 Å². The number of nitrogens with zero attached hydrogens (tertiary/aromatic N) is 3. The van der Waals surface area contributed by atoms with E-state index in [1.807, 2.05) is 24.7 Å². The first-order valence-corrected chi connectivity index (χ1v) is 7.96. The van der Waals surface area contributed by atoms with Gasteiger partial charge in [-0.3, -0.25) is 9.67 Å². The lowest BCUT2D eigenvalue weighted by molar-refractivity contribution is 0.198. The maximum atomic E-state index is 13.2. The van der Waals surface area contributed by atoms with Crippen LogP contribution in [0.1, 0.15) is 19.0 Å². The Morgan fingerprint density at radius 1 is 1.38 bits per heavy atom. The SMILES string of the molecule is CC[C@@H](CNC(=NC)NCc1ccnn1C)Oc1cccc(F)c1. The molecule has 1 atom stereocenters. The Balaban J connectivity index is 1.83. The average molecular weight is 333 g/mol. The van der Waals surface area contributed by atoms with Gasteiger partial charge in [-0.1, -0.05) is 13.0 Å². The predicted molar refractivity (Wildman–Crippen MR) is 92.5 cm³/mol. The van der Waals surface area contributed by atoms with Crippen LogP contribution in [0.4, 0.5) is 4.39 Å². The van der Waals surface area contributed by atoms with Crippen molar-refractivity contribution >= 4 is 5.96 Å². The van der Waals surface area contributed by atoms with E-state index in [0.29, 0.717) is 24.8 Å². The maximum Gasteiger partial charge on any atom is 0.191 e. The number of aryl methyl sites for hydroxylation is 1. The van der Waals surface area contributed by atoms with Gasteiger partial charge >= 0.3 is 0 Å². The van der Waals surface area contributed by atoms with E-state index in [9.17, 15) is 4.39 Å². The number of nitrogens with one attached hydrogen (secondary N) is 2. The minimum absolute atomic E-state index is 0.0814. The predicted octanol–water partition coefficient (Wildman–Crippen LogP) is 2.08. The molecule has 0 saturated carbocycles. The van der Waals surface area contributed by atoms with E-state index < -0.39 is 0 Å². The van der Waals surface area contributed by atoms with Crippen LogP contribution in [0.15, 0.2) is 41.5 Å². The van der Waals surface area contributed by atoms with Crippen molar-refractivity contribution < 1.29 is 9.13 Å². The third-order valence-corrected chi connectivity index (χ3v) is 3.63. The molecule has 0 fully saturated rings. The van der Waals surface area contributed by atoms with Crippen molar-refractivity contribution in [1.82, 2.24) is 20.4 Å². The standard InChI is InChI=1S/C17H24FN5O/c1-4-15(24-16-7-5-6-13(18)10-16)12-21-17(19-2)20-11-14-8-9-22-23(14)3/h5-10,15H,4,11-12H2,1-3H3,(H2,19,20,21)/t15-/m0/s1. The normalized spacial score (nSPS) is 12.8. The van der Waals surface area contributed by atoms with Crippen molar-refractivity contribution in [3.05, 3.63) is 48.0 Å². The molecule has 6 nitrogen and oxygen atoms in total. The Morgan fingerprint density at radius 3 is 2.83 bits per heavy atom. The molecule has 0 spiro atoms. The second-order valence-electron chi connectivity index (χ2n) is 5.36. The van der Waals surface area contributed by atoms with Crippen molar-refractivity contribution in [1.29, 1.82) is 0 Å². The quantitative estimate of drug-likeness (QED) is 0.601. The molecule has 7 heteroatoms. The van der Waals surface area contributed by atoms with E-state index in [1.165, 1.54) is 12.1 Å². The van der Waals surface area contributed by atoms with Gasteiger partial charge in [0.2, 0.25) is 0 Å². The summed E-state index contributed by atoms with van der Waals surface area (Å²) in [5.74, 6) is 0.905. The van der Waals surface area contributed by atoms with Gasteiger partial charge in [0, 0.05) is 26.4 Å². The van der Waals surface area contributed by atoms with E-state index in [4.69, 9.17) is 4.74 Å². The summed E-state index contributed by atoms with van der Waals surface area (Å²) in [5.41, 5.74) is 1.06. The van der Waals surface area contributed by atoms with Crippen LogP contribution in [-0.4, -0.2) is 35.4 Å². The summed E-state index contributed by atoms with van der Waals surface area (Å²) in [6.45, 7) is 3.22. The summed E-state index contributed by atoms with van der Waals surface area (Å²) < 4.78 is 20.8. The topological polar surface area (TPSA) is 63.5 Å². The first kappa shape index (κ1) is 17.8. The van der Waals surface area contributed by atoms with Gasteiger partial charge < -0.3 is 15.4 Å². The van der Waals surface area contributed by atoms with Crippen LogP contribution in [0, 0.1) is 5.82 Å². The number of ether oxygens (including phenoxy) is 1. The largest absolute Gasteiger partial charge is 0.489 e. The summed E-state index contributed by atoms with van der Waals surface area (Å²) in [4.78, 5) is 4.19. The van der Waals surface area contributed by atoms with Crippen molar-refractivity contribution in [2.24, 2.45) is 12.0 Å². The van der Waals surface area contributed by atoms with E-state index in [1.54, 1.807) is 25.4 Å². The summed E-state index contributed by atoms with van der Waals surface area (Å²) in [6.07, 6.45) is 2.47. The van der Waals surface area contributed by atoms with Crippen LogP contribution in [0.5, 0.6) is 5.75 Å². The molecule has 2 aromatic rings. The molecular formula is C17H24FN5O. The lowest BCUT2D eigenvalue weighted by atomic mass is 10.2. The molecule has 0 amide bonds. The van der Waals surface area contributed by atoms with Gasteiger partial charge in [0.15, 0.2) is 5.96 Å². The zero-order valence-electron chi connectivity index (χ0n) is 14.3. The second kappa shape index (κ2) is 8.90. The lowest BCUT2D eigenvalue weighted by Gasteiger charge is -2.20. The molecule has 130 valence electrons. The molecule has 0 unspecified atom stereocenters. The molecule has 2 N–H and O–H groups in total. The van der Waals surface area contributed by atoms with Gasteiger partial charge in [0.1, 0.15) is 17.7 Å². The van der Waals surface area contributed by atoms with Crippen molar-refractivity contribution in [3.8, 4) is 5.75 Å². The van der Waals surface area contributed by atoms with Crippen LogP contribution < -0.4 is 15.4 Å². The molecule has 0 radical (unpaired) electrons. The zero-order chi connectivity index (χ0) is 17.4. The number of guanidine groups is 1. The minimum atomic E-state index is -0.302. The number of aromatic nitrogens is 2. The van der Waals surface area contributed by atoms with Gasteiger partial charge in [-0.2, -0.15) is 5.10 Å². The molecule has 0 saturated heterocycles. The molecule has 24 heavy (non-hydrogen) atoms. The molecule has 0 aliphatic carbocycles. The summed E-state index contributed by atoms with van der Waals surface area (Å²) in [7, 11) is 3.61. The fraction of sp³-hybridized carbons (Fsp3) is 0.412. The Bertz CT molecular complexity index is 671. The third kappa shape index (κ3) is 5.26.